The van der Waals surface area contributed by atoms with E-state index in [1.165, 1.54) is 0 Å². The summed E-state index contributed by atoms with van der Waals surface area (Å²) in [5, 5.41) is 0. The first-order chi connectivity index (χ1) is 1.91. The summed E-state index contributed by atoms with van der Waals surface area (Å²) in [7, 11) is 0. The molecule has 4 heavy (non-hydrogen) atoms. The fraction of sp³-hybridized carbons (Fsp3) is 1.00. The van der Waals surface area contributed by atoms with Gasteiger partial charge in [0.2, 0.25) is 0 Å². The molecular formula is C2H5CrO. The molecule has 0 amide bonds. The molecule has 0 aliphatic rings. The van der Waals surface area contributed by atoms with Gasteiger partial charge in [0.05, 0.1) is 0 Å². The number of hydrogen-bond donors (Lipinski definition) is 0. The van der Waals surface area contributed by atoms with Crippen LogP contribution in [-0.2, 0) is 20.4 Å². The first-order valence-corrected chi connectivity index (χ1v) is 1.68. The molecule has 0 atom stereocenters. The number of rotatable bonds is 1. The van der Waals surface area contributed by atoms with Gasteiger partial charge in [0.15, 0.2) is 0 Å². The van der Waals surface area contributed by atoms with Gasteiger partial charge in [0, 0.05) is 0 Å². The third-order valence-electron chi connectivity index (χ3n) is 0.118. The quantitative estimate of drug-likeness (QED) is 0.462. The zero-order valence-corrected chi connectivity index (χ0v) is 3.80. The third kappa shape index (κ3) is 2.49. The van der Waals surface area contributed by atoms with Crippen LogP contribution >= 0.6 is 0 Å². The van der Waals surface area contributed by atoms with Crippen molar-refractivity contribution in [2.45, 2.75) is 6.92 Å². The zero-order valence-electron chi connectivity index (χ0n) is 2.52. The van der Waals surface area contributed by atoms with Crippen LogP contribution in [0.2, 0.25) is 0 Å². The molecular weight excluding hydrogens is 92.0 g/mol. The van der Waals surface area contributed by atoms with E-state index in [1.54, 1.807) is 0 Å². The van der Waals surface area contributed by atoms with Crippen LogP contribution in [0.4, 0.5) is 0 Å². The first kappa shape index (κ1) is 4.49. The van der Waals surface area contributed by atoms with E-state index in [0.717, 1.165) is 6.61 Å². The Morgan fingerprint density at radius 2 is 2.25 bits per heavy atom. The average Bonchev–Trinajstić information content (AvgIpc) is 1.37. The van der Waals surface area contributed by atoms with Crippen molar-refractivity contribution < 1.29 is 20.4 Å². The maximum absolute atomic E-state index is 4.42. The van der Waals surface area contributed by atoms with Crippen molar-refractivity contribution in [2.75, 3.05) is 6.61 Å². The normalized spacial score (nSPS) is 7.25. The van der Waals surface area contributed by atoms with E-state index in [2.05, 4.69) is 20.4 Å². The summed E-state index contributed by atoms with van der Waals surface area (Å²) < 4.78 is 4.42. The molecule has 0 rings (SSSR count). The SMILES string of the molecule is CC[O][Cr]. The van der Waals surface area contributed by atoms with Gasteiger partial charge >= 0.3 is 33.9 Å². The molecule has 0 N–H and O–H groups in total. The van der Waals surface area contributed by atoms with E-state index < -0.39 is 0 Å². The van der Waals surface area contributed by atoms with Gasteiger partial charge in [-0.3, -0.25) is 0 Å². The molecule has 0 aromatic rings. The molecule has 0 saturated carbocycles. The van der Waals surface area contributed by atoms with Crippen molar-refractivity contribution in [3.05, 3.63) is 0 Å². The van der Waals surface area contributed by atoms with Crippen molar-refractivity contribution in [1.29, 1.82) is 0 Å². The Bertz CT molecular complexity index is 8.00. The van der Waals surface area contributed by atoms with Gasteiger partial charge < -0.3 is 0 Å². The van der Waals surface area contributed by atoms with Crippen LogP contribution in [0.1, 0.15) is 6.92 Å². The Balaban J connectivity index is 1.97. The van der Waals surface area contributed by atoms with E-state index in [-0.39, 0.29) is 0 Å². The standard InChI is InChI=1S/C2H5O.Cr/c1-2-3;/h2H2,1H3;/q-1;+1. The van der Waals surface area contributed by atoms with Gasteiger partial charge in [-0.25, -0.2) is 0 Å². The van der Waals surface area contributed by atoms with Crippen LogP contribution in [0.5, 0.6) is 0 Å². The zero-order chi connectivity index (χ0) is 3.41. The van der Waals surface area contributed by atoms with Crippen molar-refractivity contribution in [3.8, 4) is 0 Å². The van der Waals surface area contributed by atoms with E-state index in [9.17, 15) is 0 Å². The van der Waals surface area contributed by atoms with E-state index in [1.807, 2.05) is 6.92 Å². The fourth-order valence-corrected chi connectivity index (χ4v) is 0. The van der Waals surface area contributed by atoms with Crippen LogP contribution in [0, 0.1) is 0 Å². The molecule has 0 unspecified atom stereocenters. The van der Waals surface area contributed by atoms with Crippen LogP contribution in [-0.4, -0.2) is 6.61 Å². The van der Waals surface area contributed by atoms with Gasteiger partial charge in [-0.2, -0.15) is 0 Å². The fourth-order valence-electron chi connectivity index (χ4n) is 0. The summed E-state index contributed by atoms with van der Waals surface area (Å²) in [6.07, 6.45) is 0. The van der Waals surface area contributed by atoms with Crippen LogP contribution in [0.3, 0.4) is 0 Å². The second-order valence-electron chi connectivity index (χ2n) is 0.407. The minimum atomic E-state index is 0.764. The van der Waals surface area contributed by atoms with E-state index >= 15 is 0 Å². The van der Waals surface area contributed by atoms with E-state index in [4.69, 9.17) is 0 Å². The van der Waals surface area contributed by atoms with Crippen LogP contribution < -0.4 is 0 Å². The molecule has 0 radical (unpaired) electrons. The molecule has 0 fully saturated rings. The maximum atomic E-state index is 4.42. The second kappa shape index (κ2) is 3.49. The average molecular weight is 97.1 g/mol. The second-order valence-corrected chi connectivity index (χ2v) is 0.775. The molecule has 0 saturated heterocycles. The van der Waals surface area contributed by atoms with Gasteiger partial charge in [-0.1, -0.05) is 0 Å². The molecule has 25 valence electrons. The Labute approximate surface area is 34.7 Å². The van der Waals surface area contributed by atoms with Crippen molar-refractivity contribution >= 4 is 0 Å². The van der Waals surface area contributed by atoms with Crippen molar-refractivity contribution in [2.24, 2.45) is 0 Å². The minimum absolute atomic E-state index is 0.764. The summed E-state index contributed by atoms with van der Waals surface area (Å²) in [4.78, 5) is 0. The Kier molecular flexibility index (Phi) is 3.92. The molecule has 0 aliphatic heterocycles. The molecule has 0 aromatic heterocycles. The Hall–Kier alpha value is 0.492. The van der Waals surface area contributed by atoms with E-state index in [0.29, 0.717) is 0 Å². The van der Waals surface area contributed by atoms with Gasteiger partial charge in [0.25, 0.3) is 0 Å². The van der Waals surface area contributed by atoms with Crippen molar-refractivity contribution in [1.82, 2.24) is 0 Å². The van der Waals surface area contributed by atoms with Gasteiger partial charge in [-0.15, -0.1) is 0 Å². The first-order valence-electron chi connectivity index (χ1n) is 1.16. The topological polar surface area (TPSA) is 9.23 Å². The van der Waals surface area contributed by atoms with Gasteiger partial charge in [0.1, 0.15) is 0 Å². The predicted molar refractivity (Wildman–Crippen MR) is 11.6 cm³/mol. The molecule has 0 aliphatic carbocycles. The summed E-state index contributed by atoms with van der Waals surface area (Å²) in [6, 6.07) is 0. The Morgan fingerprint density at radius 3 is 2.25 bits per heavy atom. The molecule has 1 nitrogen and oxygen atoms in total. The van der Waals surface area contributed by atoms with Crippen molar-refractivity contribution in [3.63, 3.8) is 0 Å². The molecule has 0 heterocycles. The molecule has 0 spiro atoms. The summed E-state index contributed by atoms with van der Waals surface area (Å²) in [6.45, 7) is 2.69. The summed E-state index contributed by atoms with van der Waals surface area (Å²) in [5.41, 5.74) is 0. The number of hydrogen-bond acceptors (Lipinski definition) is 1. The van der Waals surface area contributed by atoms with Gasteiger partial charge in [-0.05, 0) is 0 Å². The van der Waals surface area contributed by atoms with Crippen LogP contribution in [0.25, 0.3) is 0 Å². The summed E-state index contributed by atoms with van der Waals surface area (Å²) >= 11 is 2.39. The third-order valence-corrected chi connectivity index (χ3v) is 0.486. The molecule has 0 bridgehead atoms. The van der Waals surface area contributed by atoms with Crippen LogP contribution in [0.15, 0.2) is 0 Å². The molecule has 2 heteroatoms. The molecule has 0 aromatic carbocycles. The summed E-state index contributed by atoms with van der Waals surface area (Å²) in [5.74, 6) is 0. The monoisotopic (exact) mass is 97.0 g/mol. The Morgan fingerprint density at radius 1 is 2.00 bits per heavy atom. The predicted octanol–water partition coefficient (Wildman–Crippen LogP) is 0.485.